The van der Waals surface area contributed by atoms with Crippen LogP contribution in [0.3, 0.4) is 0 Å². The molecule has 0 bridgehead atoms. The zero-order valence-electron chi connectivity index (χ0n) is 37.0. The number of unbranched alkanes of at least 4 members (excludes halogenated alkanes) is 26. The molecule has 0 spiro atoms. The van der Waals surface area contributed by atoms with Gasteiger partial charge in [-0.2, -0.15) is 0 Å². The Bertz CT molecular complexity index is 954. The second kappa shape index (κ2) is 37.6. The molecule has 9 atom stereocenters. The third-order valence-electron chi connectivity index (χ3n) is 11.8. The quantitative estimate of drug-likeness (QED) is 0.0222. The van der Waals surface area contributed by atoms with Gasteiger partial charge in [0.25, 0.3) is 0 Å². The highest BCUT2D eigenvalue weighted by Crippen LogP contribution is 2.23. The first-order chi connectivity index (χ1) is 28.2. The molecular formula is C47H91NO10. The summed E-state index contributed by atoms with van der Waals surface area (Å²) in [7, 11) is 0. The Kier molecular flexibility index (Phi) is 35.6. The van der Waals surface area contributed by atoms with Crippen molar-refractivity contribution in [3.8, 4) is 0 Å². The van der Waals surface area contributed by atoms with E-state index in [4.69, 9.17) is 9.47 Å². The third-order valence-corrected chi connectivity index (χ3v) is 11.8. The van der Waals surface area contributed by atoms with E-state index in [0.29, 0.717) is 12.8 Å². The van der Waals surface area contributed by atoms with Crippen molar-refractivity contribution >= 4 is 5.91 Å². The number of carbonyl (C=O) groups excluding carboxylic acids is 1. The Morgan fingerprint density at radius 2 is 1.03 bits per heavy atom. The lowest BCUT2D eigenvalue weighted by Crippen LogP contribution is -2.60. The van der Waals surface area contributed by atoms with Crippen LogP contribution < -0.4 is 5.32 Å². The van der Waals surface area contributed by atoms with Crippen molar-refractivity contribution in [2.24, 2.45) is 0 Å². The lowest BCUT2D eigenvalue weighted by Gasteiger charge is -2.40. The molecule has 8 N–H and O–H groups in total. The van der Waals surface area contributed by atoms with E-state index >= 15 is 0 Å². The summed E-state index contributed by atoms with van der Waals surface area (Å²) in [5, 5.41) is 75.1. The normalized spacial score (nSPS) is 22.0. The fourth-order valence-electron chi connectivity index (χ4n) is 7.80. The van der Waals surface area contributed by atoms with E-state index in [0.717, 1.165) is 38.5 Å². The Hall–Kier alpha value is -1.15. The summed E-state index contributed by atoms with van der Waals surface area (Å²) >= 11 is 0. The van der Waals surface area contributed by atoms with E-state index in [-0.39, 0.29) is 12.8 Å². The van der Waals surface area contributed by atoms with Crippen LogP contribution in [0.15, 0.2) is 12.2 Å². The maximum Gasteiger partial charge on any atom is 0.249 e. The van der Waals surface area contributed by atoms with Gasteiger partial charge in [0, 0.05) is 0 Å². The van der Waals surface area contributed by atoms with Crippen molar-refractivity contribution in [3.63, 3.8) is 0 Å². The molecule has 344 valence electrons. The maximum absolute atomic E-state index is 13.0. The van der Waals surface area contributed by atoms with E-state index in [2.05, 4.69) is 25.2 Å². The van der Waals surface area contributed by atoms with Crippen molar-refractivity contribution in [2.45, 2.75) is 268 Å². The topological polar surface area (TPSA) is 189 Å². The van der Waals surface area contributed by atoms with Gasteiger partial charge in [-0.15, -0.1) is 0 Å². The fraction of sp³-hybridized carbons (Fsp3) is 0.936. The molecule has 1 saturated heterocycles. The smallest absolute Gasteiger partial charge is 0.249 e. The Morgan fingerprint density at radius 3 is 1.48 bits per heavy atom. The molecule has 0 aliphatic carbocycles. The molecule has 0 aromatic heterocycles. The lowest BCUT2D eigenvalue weighted by atomic mass is 9.98. The molecule has 1 fully saturated rings. The molecule has 9 unspecified atom stereocenters. The highest BCUT2D eigenvalue weighted by molar-refractivity contribution is 5.80. The van der Waals surface area contributed by atoms with Crippen LogP contribution in [-0.2, 0) is 14.3 Å². The van der Waals surface area contributed by atoms with Crippen LogP contribution in [0.2, 0.25) is 0 Å². The first-order valence-electron chi connectivity index (χ1n) is 24.1. The Morgan fingerprint density at radius 1 is 0.586 bits per heavy atom. The van der Waals surface area contributed by atoms with Gasteiger partial charge in [0.1, 0.15) is 36.6 Å². The average Bonchev–Trinajstić information content (AvgIpc) is 3.22. The summed E-state index contributed by atoms with van der Waals surface area (Å²) in [6, 6.07) is -1.18. The van der Waals surface area contributed by atoms with Gasteiger partial charge in [0.05, 0.1) is 25.4 Å². The largest absolute Gasteiger partial charge is 0.394 e. The molecule has 11 nitrogen and oxygen atoms in total. The van der Waals surface area contributed by atoms with E-state index in [1.54, 1.807) is 0 Å². The summed E-state index contributed by atoms with van der Waals surface area (Å²) in [6.07, 6.45) is 29.1. The number of ether oxygens (including phenoxy) is 2. The van der Waals surface area contributed by atoms with Crippen molar-refractivity contribution in [3.05, 3.63) is 12.2 Å². The molecule has 0 aromatic rings. The number of aliphatic hydroxyl groups excluding tert-OH is 7. The highest BCUT2D eigenvalue weighted by Gasteiger charge is 2.44. The maximum atomic E-state index is 13.0. The van der Waals surface area contributed by atoms with Gasteiger partial charge in [-0.1, -0.05) is 193 Å². The standard InChI is InChI=1S/C47H91NO10/c1-3-5-7-9-11-12-13-14-15-16-17-18-19-20-21-22-23-24-25-26-27-28-29-31-33-35-40(51)46(56)48-38(42(52)39(50)34-32-30-10-8-6-4-2)37-57-47-45(55)44(54)43(53)41(36-49)58-47/h8,10,38-45,47,49-55H,3-7,9,11-37H2,1-2H3,(H,48,56)/b10-8+. The molecule has 1 heterocycles. The van der Waals surface area contributed by atoms with Crippen molar-refractivity contribution in [1.29, 1.82) is 0 Å². The van der Waals surface area contributed by atoms with Crippen LogP contribution in [0.25, 0.3) is 0 Å². The predicted octanol–water partition coefficient (Wildman–Crippen LogP) is 8.06. The van der Waals surface area contributed by atoms with E-state index in [1.807, 2.05) is 6.08 Å². The SMILES string of the molecule is CCC/C=C/CCCC(O)C(O)C(COC1OC(CO)C(O)C(O)C1O)NC(=O)C(O)CCCCCCCCCCCCCCCCCCCCCCCCCCC. The van der Waals surface area contributed by atoms with Gasteiger partial charge in [-0.25, -0.2) is 0 Å². The first kappa shape index (κ1) is 54.9. The van der Waals surface area contributed by atoms with Gasteiger partial charge >= 0.3 is 0 Å². The molecule has 58 heavy (non-hydrogen) atoms. The van der Waals surface area contributed by atoms with Crippen LogP contribution in [0, 0.1) is 0 Å². The number of amides is 1. The lowest BCUT2D eigenvalue weighted by molar-refractivity contribution is -0.303. The summed E-state index contributed by atoms with van der Waals surface area (Å²) in [6.45, 7) is 3.30. The predicted molar refractivity (Wildman–Crippen MR) is 233 cm³/mol. The van der Waals surface area contributed by atoms with Crippen molar-refractivity contribution in [1.82, 2.24) is 5.32 Å². The molecular weight excluding hydrogens is 739 g/mol. The number of nitrogens with one attached hydrogen (secondary N) is 1. The molecule has 0 saturated carbocycles. The van der Waals surface area contributed by atoms with Gasteiger partial charge < -0.3 is 50.5 Å². The molecule has 1 aliphatic rings. The van der Waals surface area contributed by atoms with Gasteiger partial charge in [0.2, 0.25) is 5.91 Å². The van der Waals surface area contributed by atoms with E-state index < -0.39 is 74.2 Å². The van der Waals surface area contributed by atoms with Gasteiger partial charge in [0.15, 0.2) is 6.29 Å². The second-order valence-corrected chi connectivity index (χ2v) is 17.2. The van der Waals surface area contributed by atoms with Gasteiger partial charge in [-0.3, -0.25) is 4.79 Å². The van der Waals surface area contributed by atoms with Crippen LogP contribution >= 0.6 is 0 Å². The summed E-state index contributed by atoms with van der Waals surface area (Å²) in [5.41, 5.74) is 0. The summed E-state index contributed by atoms with van der Waals surface area (Å²) < 4.78 is 11.0. The van der Waals surface area contributed by atoms with Crippen LogP contribution in [-0.4, -0.2) is 110 Å². The van der Waals surface area contributed by atoms with E-state index in [9.17, 15) is 40.5 Å². The summed E-state index contributed by atoms with van der Waals surface area (Å²) in [4.78, 5) is 13.0. The molecule has 0 radical (unpaired) electrons. The van der Waals surface area contributed by atoms with Crippen LogP contribution in [0.1, 0.15) is 213 Å². The summed E-state index contributed by atoms with van der Waals surface area (Å²) in [5.74, 6) is -0.708. The highest BCUT2D eigenvalue weighted by atomic mass is 16.7. The zero-order valence-corrected chi connectivity index (χ0v) is 37.0. The fourth-order valence-corrected chi connectivity index (χ4v) is 7.80. The third kappa shape index (κ3) is 26.9. The van der Waals surface area contributed by atoms with Crippen molar-refractivity contribution < 1.29 is 50.0 Å². The second-order valence-electron chi connectivity index (χ2n) is 17.2. The minimum atomic E-state index is -1.66. The Labute approximate surface area is 353 Å². The molecule has 1 amide bonds. The number of aliphatic hydroxyl groups is 7. The first-order valence-corrected chi connectivity index (χ1v) is 24.1. The monoisotopic (exact) mass is 830 g/mol. The van der Waals surface area contributed by atoms with Crippen LogP contribution in [0.4, 0.5) is 0 Å². The average molecular weight is 830 g/mol. The van der Waals surface area contributed by atoms with E-state index in [1.165, 1.54) is 135 Å². The minimum Gasteiger partial charge on any atom is -0.394 e. The number of hydrogen-bond donors (Lipinski definition) is 8. The number of hydrogen-bond acceptors (Lipinski definition) is 10. The molecule has 11 heteroatoms. The Balaban J connectivity index is 2.22. The number of carbonyl (C=O) groups is 1. The molecule has 1 aliphatic heterocycles. The number of allylic oxidation sites excluding steroid dienone is 2. The number of rotatable bonds is 40. The van der Waals surface area contributed by atoms with Gasteiger partial charge in [-0.05, 0) is 32.1 Å². The van der Waals surface area contributed by atoms with Crippen LogP contribution in [0.5, 0.6) is 0 Å². The molecule has 0 aromatic carbocycles. The van der Waals surface area contributed by atoms with Crippen molar-refractivity contribution in [2.75, 3.05) is 13.2 Å². The molecule has 1 rings (SSSR count). The zero-order chi connectivity index (χ0) is 42.6. The minimum absolute atomic E-state index is 0.256.